The molecule has 0 atom stereocenters. The highest BCUT2D eigenvalue weighted by molar-refractivity contribution is 5.86. The summed E-state index contributed by atoms with van der Waals surface area (Å²) in [6, 6.07) is 16.4. The van der Waals surface area contributed by atoms with Gasteiger partial charge >= 0.3 is 0 Å². The molecule has 0 fully saturated rings. The Morgan fingerprint density at radius 2 is 1.81 bits per heavy atom. The fraction of sp³-hybridized carbons (Fsp3) is 0.238. The fourth-order valence-electron chi connectivity index (χ4n) is 2.99. The largest absolute Gasteiger partial charge is 0.496 e. The zero-order chi connectivity index (χ0) is 19.2. The van der Waals surface area contributed by atoms with Crippen molar-refractivity contribution < 1.29 is 14.3 Å². The fourth-order valence-corrected chi connectivity index (χ4v) is 2.99. The zero-order valence-corrected chi connectivity index (χ0v) is 15.4. The standard InChI is InChI=1S/C21H22N2O4/c1-3-23-17-10-6-5-9-16(17)19(12-21(23)25)27-14-20(24)22-13-15-8-4-7-11-18(15)26-2/h4-12H,3,13-14H2,1-2H3,(H,22,24). The number of nitrogens with one attached hydrogen (secondary N) is 1. The molecule has 0 bridgehead atoms. The number of carbonyl (C=O) groups excluding carboxylic acids is 1. The van der Waals surface area contributed by atoms with Crippen LogP contribution in [0.1, 0.15) is 12.5 Å². The van der Waals surface area contributed by atoms with Crippen molar-refractivity contribution in [1.29, 1.82) is 0 Å². The van der Waals surface area contributed by atoms with Crippen LogP contribution in [0.5, 0.6) is 11.5 Å². The Kier molecular flexibility index (Phi) is 5.76. The van der Waals surface area contributed by atoms with Crippen LogP contribution in [0.3, 0.4) is 0 Å². The van der Waals surface area contributed by atoms with Crippen LogP contribution in [-0.4, -0.2) is 24.2 Å². The van der Waals surface area contributed by atoms with E-state index in [0.29, 0.717) is 24.6 Å². The van der Waals surface area contributed by atoms with Crippen LogP contribution < -0.4 is 20.3 Å². The molecule has 1 amide bonds. The van der Waals surface area contributed by atoms with Gasteiger partial charge in [0, 0.05) is 30.1 Å². The van der Waals surface area contributed by atoms with E-state index >= 15 is 0 Å². The highest BCUT2D eigenvalue weighted by atomic mass is 16.5. The summed E-state index contributed by atoms with van der Waals surface area (Å²) in [7, 11) is 1.59. The first-order valence-electron chi connectivity index (χ1n) is 8.78. The number of para-hydroxylation sites is 2. The average Bonchev–Trinajstić information content (AvgIpc) is 2.70. The van der Waals surface area contributed by atoms with Crippen LogP contribution in [0.4, 0.5) is 0 Å². The predicted molar refractivity (Wildman–Crippen MR) is 104 cm³/mol. The Balaban J connectivity index is 1.70. The number of fused-ring (bicyclic) bond motifs is 1. The summed E-state index contributed by atoms with van der Waals surface area (Å²) in [5.41, 5.74) is 1.52. The Bertz CT molecular complexity index is 1010. The van der Waals surface area contributed by atoms with E-state index in [2.05, 4.69) is 5.32 Å². The number of carbonyl (C=O) groups is 1. The summed E-state index contributed by atoms with van der Waals surface area (Å²) in [4.78, 5) is 24.5. The van der Waals surface area contributed by atoms with Crippen LogP contribution >= 0.6 is 0 Å². The van der Waals surface area contributed by atoms with Crippen LogP contribution in [0.15, 0.2) is 59.4 Å². The van der Waals surface area contributed by atoms with Gasteiger partial charge in [0.1, 0.15) is 11.5 Å². The van der Waals surface area contributed by atoms with E-state index in [1.165, 1.54) is 6.07 Å². The third kappa shape index (κ3) is 4.11. The van der Waals surface area contributed by atoms with E-state index in [-0.39, 0.29) is 18.1 Å². The van der Waals surface area contributed by atoms with Gasteiger partial charge in [-0.05, 0) is 25.1 Å². The maximum absolute atomic E-state index is 12.3. The molecule has 0 spiro atoms. The topological polar surface area (TPSA) is 69.6 Å². The van der Waals surface area contributed by atoms with E-state index in [4.69, 9.17) is 9.47 Å². The predicted octanol–water partition coefficient (Wildman–Crippen LogP) is 2.73. The number of rotatable bonds is 7. The third-order valence-corrected chi connectivity index (χ3v) is 4.32. The number of aryl methyl sites for hydroxylation is 1. The van der Waals surface area contributed by atoms with Crippen molar-refractivity contribution in [2.24, 2.45) is 0 Å². The van der Waals surface area contributed by atoms with Crippen LogP contribution in [0.25, 0.3) is 10.9 Å². The lowest BCUT2D eigenvalue weighted by atomic mass is 10.2. The van der Waals surface area contributed by atoms with Crippen molar-refractivity contribution in [3.63, 3.8) is 0 Å². The first-order valence-corrected chi connectivity index (χ1v) is 8.78. The minimum absolute atomic E-state index is 0.152. The molecule has 1 heterocycles. The molecule has 6 heteroatoms. The Labute approximate surface area is 157 Å². The normalized spacial score (nSPS) is 10.6. The third-order valence-electron chi connectivity index (χ3n) is 4.32. The molecular formula is C21H22N2O4. The Morgan fingerprint density at radius 1 is 1.07 bits per heavy atom. The van der Waals surface area contributed by atoms with Gasteiger partial charge < -0.3 is 19.4 Å². The average molecular weight is 366 g/mol. The molecule has 0 unspecified atom stereocenters. The number of ether oxygens (including phenoxy) is 2. The molecule has 2 aromatic carbocycles. The molecule has 0 aliphatic carbocycles. The van der Waals surface area contributed by atoms with Crippen molar-refractivity contribution >= 4 is 16.8 Å². The van der Waals surface area contributed by atoms with E-state index < -0.39 is 0 Å². The number of benzene rings is 2. The number of nitrogens with zero attached hydrogens (tertiary/aromatic N) is 1. The SMILES string of the molecule is CCn1c(=O)cc(OCC(=O)NCc2ccccc2OC)c2ccccc21. The maximum atomic E-state index is 12.3. The Morgan fingerprint density at radius 3 is 2.59 bits per heavy atom. The summed E-state index contributed by atoms with van der Waals surface area (Å²) >= 11 is 0. The molecule has 3 rings (SSSR count). The van der Waals surface area contributed by atoms with E-state index in [1.807, 2.05) is 55.5 Å². The second-order valence-corrected chi connectivity index (χ2v) is 5.99. The smallest absolute Gasteiger partial charge is 0.258 e. The number of hydrogen-bond acceptors (Lipinski definition) is 4. The minimum Gasteiger partial charge on any atom is -0.496 e. The number of amides is 1. The molecule has 3 aromatic rings. The molecule has 1 N–H and O–H groups in total. The van der Waals surface area contributed by atoms with Gasteiger partial charge in [-0.3, -0.25) is 9.59 Å². The molecule has 27 heavy (non-hydrogen) atoms. The lowest BCUT2D eigenvalue weighted by molar-refractivity contribution is -0.123. The summed E-state index contributed by atoms with van der Waals surface area (Å²) < 4.78 is 12.6. The molecular weight excluding hydrogens is 344 g/mol. The zero-order valence-electron chi connectivity index (χ0n) is 15.4. The second kappa shape index (κ2) is 8.40. The lowest BCUT2D eigenvalue weighted by Crippen LogP contribution is -2.29. The molecule has 0 saturated carbocycles. The van der Waals surface area contributed by atoms with Crippen molar-refractivity contribution in [3.05, 3.63) is 70.5 Å². The number of pyridine rings is 1. The van der Waals surface area contributed by atoms with E-state index in [1.54, 1.807) is 11.7 Å². The van der Waals surface area contributed by atoms with Crippen molar-refractivity contribution in [1.82, 2.24) is 9.88 Å². The second-order valence-electron chi connectivity index (χ2n) is 5.99. The quantitative estimate of drug-likeness (QED) is 0.698. The van der Waals surface area contributed by atoms with E-state index in [9.17, 15) is 9.59 Å². The van der Waals surface area contributed by atoms with Gasteiger partial charge in [-0.25, -0.2) is 0 Å². The van der Waals surface area contributed by atoms with Gasteiger partial charge in [0.25, 0.3) is 11.5 Å². The molecule has 0 saturated heterocycles. The van der Waals surface area contributed by atoms with Crippen LogP contribution in [-0.2, 0) is 17.9 Å². The van der Waals surface area contributed by atoms with Gasteiger partial charge in [-0.1, -0.05) is 30.3 Å². The maximum Gasteiger partial charge on any atom is 0.258 e. The first-order chi connectivity index (χ1) is 13.1. The monoisotopic (exact) mass is 366 g/mol. The van der Waals surface area contributed by atoms with Crippen molar-refractivity contribution in [2.75, 3.05) is 13.7 Å². The van der Waals surface area contributed by atoms with Crippen molar-refractivity contribution in [2.45, 2.75) is 20.0 Å². The number of methoxy groups -OCH3 is 1. The Hall–Kier alpha value is -3.28. The van der Waals surface area contributed by atoms with Gasteiger partial charge in [0.2, 0.25) is 0 Å². The van der Waals surface area contributed by atoms with Crippen LogP contribution in [0.2, 0.25) is 0 Å². The molecule has 1 aromatic heterocycles. The van der Waals surface area contributed by atoms with Gasteiger partial charge in [-0.2, -0.15) is 0 Å². The van der Waals surface area contributed by atoms with E-state index in [0.717, 1.165) is 16.5 Å². The lowest BCUT2D eigenvalue weighted by Gasteiger charge is -2.13. The molecule has 0 radical (unpaired) electrons. The first kappa shape index (κ1) is 18.5. The molecule has 6 nitrogen and oxygen atoms in total. The molecule has 0 aliphatic rings. The van der Waals surface area contributed by atoms with Gasteiger partial charge in [0.05, 0.1) is 12.6 Å². The minimum atomic E-state index is -0.273. The van der Waals surface area contributed by atoms with Gasteiger partial charge in [-0.15, -0.1) is 0 Å². The number of aromatic nitrogens is 1. The summed E-state index contributed by atoms with van der Waals surface area (Å²) in [5.74, 6) is 0.852. The highest BCUT2D eigenvalue weighted by Crippen LogP contribution is 2.23. The summed E-state index contributed by atoms with van der Waals surface area (Å²) in [5, 5.41) is 3.60. The van der Waals surface area contributed by atoms with Gasteiger partial charge in [0.15, 0.2) is 6.61 Å². The van der Waals surface area contributed by atoms with Crippen molar-refractivity contribution in [3.8, 4) is 11.5 Å². The molecule has 0 aliphatic heterocycles. The summed E-state index contributed by atoms with van der Waals surface area (Å²) in [6.45, 7) is 2.65. The molecule has 140 valence electrons. The van der Waals surface area contributed by atoms with Crippen LogP contribution in [0, 0.1) is 0 Å². The number of hydrogen-bond donors (Lipinski definition) is 1. The summed E-state index contributed by atoms with van der Waals surface area (Å²) in [6.07, 6.45) is 0. The highest BCUT2D eigenvalue weighted by Gasteiger charge is 2.11.